The molecule has 0 heterocycles. The molecule has 2 aromatic carbocycles. The molecule has 0 spiro atoms. The van der Waals surface area contributed by atoms with Crippen LogP contribution in [0.4, 0.5) is 4.79 Å². The minimum Gasteiger partial charge on any atom is -0.449 e. The Morgan fingerprint density at radius 2 is 1.64 bits per heavy atom. The zero-order valence-electron chi connectivity index (χ0n) is 12.6. The van der Waals surface area contributed by atoms with Gasteiger partial charge in [-0.2, -0.15) is 0 Å². The van der Waals surface area contributed by atoms with Crippen molar-refractivity contribution in [3.05, 3.63) is 59.7 Å². The summed E-state index contributed by atoms with van der Waals surface area (Å²) in [6, 6.07) is 17.0. The minimum absolute atomic E-state index is 0.134. The van der Waals surface area contributed by atoms with E-state index in [-0.39, 0.29) is 12.0 Å². The molecular formula is C19H19NO2. The second-order valence-electron chi connectivity index (χ2n) is 6.29. The smallest absolute Gasteiger partial charge is 0.407 e. The quantitative estimate of drug-likeness (QED) is 0.931. The Morgan fingerprint density at radius 3 is 2.18 bits per heavy atom. The summed E-state index contributed by atoms with van der Waals surface area (Å²) in [6.07, 6.45) is 0.765. The molecule has 0 saturated heterocycles. The summed E-state index contributed by atoms with van der Waals surface area (Å²) < 4.78 is 5.49. The molecule has 22 heavy (non-hydrogen) atoms. The van der Waals surface area contributed by atoms with Gasteiger partial charge in [0.1, 0.15) is 6.61 Å². The number of hydrogen-bond acceptors (Lipinski definition) is 2. The van der Waals surface area contributed by atoms with Gasteiger partial charge in [0.15, 0.2) is 0 Å². The number of carbonyl (C=O) groups excluding carboxylic acids is 1. The Balaban J connectivity index is 1.53. The maximum atomic E-state index is 11.9. The van der Waals surface area contributed by atoms with Crippen LogP contribution in [0.15, 0.2) is 48.5 Å². The van der Waals surface area contributed by atoms with Gasteiger partial charge in [0.25, 0.3) is 0 Å². The van der Waals surface area contributed by atoms with E-state index in [4.69, 9.17) is 4.74 Å². The second kappa shape index (κ2) is 5.16. The maximum Gasteiger partial charge on any atom is 0.407 e. The molecule has 2 aliphatic carbocycles. The molecular weight excluding hydrogens is 274 g/mol. The van der Waals surface area contributed by atoms with Crippen LogP contribution in [0, 0.1) is 5.92 Å². The molecule has 0 aromatic heterocycles. The van der Waals surface area contributed by atoms with Gasteiger partial charge in [0.2, 0.25) is 0 Å². The number of carbonyl (C=O) groups is 1. The van der Waals surface area contributed by atoms with Gasteiger partial charge in [-0.05, 0) is 34.6 Å². The van der Waals surface area contributed by atoms with Gasteiger partial charge in [-0.1, -0.05) is 55.5 Å². The van der Waals surface area contributed by atoms with Crippen LogP contribution in [-0.4, -0.2) is 18.7 Å². The normalized spacial score (nSPS) is 21.9. The van der Waals surface area contributed by atoms with E-state index in [1.54, 1.807) is 0 Å². The highest BCUT2D eigenvalue weighted by molar-refractivity contribution is 5.79. The van der Waals surface area contributed by atoms with Crippen molar-refractivity contribution in [2.45, 2.75) is 25.3 Å². The van der Waals surface area contributed by atoms with Crippen LogP contribution < -0.4 is 5.32 Å². The molecule has 1 saturated carbocycles. The summed E-state index contributed by atoms with van der Waals surface area (Å²) in [5, 5.41) is 2.91. The molecule has 0 radical (unpaired) electrons. The molecule has 2 aromatic rings. The van der Waals surface area contributed by atoms with Gasteiger partial charge in [-0.25, -0.2) is 4.79 Å². The lowest BCUT2D eigenvalue weighted by molar-refractivity contribution is 0.142. The fourth-order valence-electron chi connectivity index (χ4n) is 3.31. The maximum absolute atomic E-state index is 11.9. The van der Waals surface area contributed by atoms with E-state index in [2.05, 4.69) is 48.6 Å². The van der Waals surface area contributed by atoms with Crippen molar-refractivity contribution in [3.63, 3.8) is 0 Å². The predicted molar refractivity (Wildman–Crippen MR) is 85.8 cm³/mol. The van der Waals surface area contributed by atoms with Crippen molar-refractivity contribution in [2.75, 3.05) is 6.61 Å². The summed E-state index contributed by atoms with van der Waals surface area (Å²) in [7, 11) is 0. The van der Waals surface area contributed by atoms with Gasteiger partial charge >= 0.3 is 6.09 Å². The summed E-state index contributed by atoms with van der Waals surface area (Å²) in [4.78, 5) is 11.9. The van der Waals surface area contributed by atoms with E-state index in [9.17, 15) is 4.79 Å². The third-order valence-corrected chi connectivity index (χ3v) is 4.76. The number of hydrogen-bond donors (Lipinski definition) is 1. The highest BCUT2D eigenvalue weighted by Crippen LogP contribution is 2.44. The summed E-state index contributed by atoms with van der Waals surface area (Å²) in [6.45, 7) is 2.52. The number of ether oxygens (including phenoxy) is 1. The Kier molecular flexibility index (Phi) is 3.14. The van der Waals surface area contributed by atoms with Gasteiger partial charge in [-0.15, -0.1) is 0 Å². The minimum atomic E-state index is -0.295. The molecule has 112 valence electrons. The highest BCUT2D eigenvalue weighted by atomic mass is 16.5. The lowest BCUT2D eigenvalue weighted by atomic mass is 9.98. The Morgan fingerprint density at radius 1 is 1.09 bits per heavy atom. The van der Waals surface area contributed by atoms with E-state index in [1.165, 1.54) is 22.3 Å². The molecule has 0 bridgehead atoms. The van der Waals surface area contributed by atoms with E-state index in [0.29, 0.717) is 18.6 Å². The standard InChI is InChI=1S/C19H19NO2/c1-12-10-18(12)20-19(21)22-11-17-15-8-4-2-6-13(15)14-7-3-5-9-16(14)17/h2-9,12,17-18H,10-11H2,1H3,(H,20,21). The third kappa shape index (κ3) is 2.27. The summed E-state index contributed by atoms with van der Waals surface area (Å²) in [5.74, 6) is 0.718. The van der Waals surface area contributed by atoms with Gasteiger partial charge in [0, 0.05) is 12.0 Å². The molecule has 0 aliphatic heterocycles. The summed E-state index contributed by atoms with van der Waals surface area (Å²) in [5.41, 5.74) is 5.00. The van der Waals surface area contributed by atoms with E-state index < -0.39 is 0 Å². The van der Waals surface area contributed by atoms with Crippen LogP contribution in [0.3, 0.4) is 0 Å². The fourth-order valence-corrected chi connectivity index (χ4v) is 3.31. The largest absolute Gasteiger partial charge is 0.449 e. The van der Waals surface area contributed by atoms with Crippen molar-refractivity contribution in [2.24, 2.45) is 5.92 Å². The Bertz CT molecular complexity index is 679. The van der Waals surface area contributed by atoms with E-state index in [0.717, 1.165) is 6.42 Å². The molecule has 4 rings (SSSR count). The molecule has 1 N–H and O–H groups in total. The average Bonchev–Trinajstić information content (AvgIpc) is 3.13. The number of alkyl carbamates (subject to hydrolysis) is 1. The molecule has 3 nitrogen and oxygen atoms in total. The zero-order chi connectivity index (χ0) is 15.1. The van der Waals surface area contributed by atoms with Crippen molar-refractivity contribution in [1.82, 2.24) is 5.32 Å². The Labute approximate surface area is 130 Å². The van der Waals surface area contributed by atoms with Crippen LogP contribution in [-0.2, 0) is 4.74 Å². The van der Waals surface area contributed by atoms with Gasteiger partial charge in [0.05, 0.1) is 0 Å². The predicted octanol–water partition coefficient (Wildman–Crippen LogP) is 3.93. The van der Waals surface area contributed by atoms with Crippen molar-refractivity contribution < 1.29 is 9.53 Å². The van der Waals surface area contributed by atoms with E-state index in [1.807, 2.05) is 12.1 Å². The second-order valence-corrected chi connectivity index (χ2v) is 6.29. The van der Waals surface area contributed by atoms with Crippen LogP contribution >= 0.6 is 0 Å². The summed E-state index contributed by atoms with van der Waals surface area (Å²) >= 11 is 0. The number of fused-ring (bicyclic) bond motifs is 3. The van der Waals surface area contributed by atoms with Crippen LogP contribution in [0.1, 0.15) is 30.4 Å². The number of amides is 1. The molecule has 3 heteroatoms. The molecule has 2 unspecified atom stereocenters. The molecule has 2 aliphatic rings. The first-order chi connectivity index (χ1) is 10.7. The zero-order valence-corrected chi connectivity index (χ0v) is 12.6. The average molecular weight is 293 g/mol. The number of rotatable bonds is 3. The lowest BCUT2D eigenvalue weighted by Gasteiger charge is -2.14. The molecule has 1 amide bonds. The van der Waals surface area contributed by atoms with Crippen LogP contribution in [0.25, 0.3) is 11.1 Å². The van der Waals surface area contributed by atoms with Crippen molar-refractivity contribution in [3.8, 4) is 11.1 Å². The first kappa shape index (κ1) is 13.4. The van der Waals surface area contributed by atoms with E-state index >= 15 is 0 Å². The molecule has 2 atom stereocenters. The van der Waals surface area contributed by atoms with Crippen molar-refractivity contribution in [1.29, 1.82) is 0 Å². The van der Waals surface area contributed by atoms with Crippen LogP contribution in [0.5, 0.6) is 0 Å². The topological polar surface area (TPSA) is 38.3 Å². The first-order valence-corrected chi connectivity index (χ1v) is 7.85. The SMILES string of the molecule is CC1CC1NC(=O)OCC1c2ccccc2-c2ccccc21. The van der Waals surface area contributed by atoms with Crippen LogP contribution in [0.2, 0.25) is 0 Å². The first-order valence-electron chi connectivity index (χ1n) is 7.85. The van der Waals surface area contributed by atoms with Gasteiger partial charge < -0.3 is 10.1 Å². The highest BCUT2D eigenvalue weighted by Gasteiger charge is 2.35. The van der Waals surface area contributed by atoms with Gasteiger partial charge in [-0.3, -0.25) is 0 Å². The molecule has 1 fully saturated rings. The Hall–Kier alpha value is -2.29. The number of benzene rings is 2. The third-order valence-electron chi connectivity index (χ3n) is 4.76. The fraction of sp³-hybridized carbons (Fsp3) is 0.316. The monoisotopic (exact) mass is 293 g/mol. The van der Waals surface area contributed by atoms with Crippen molar-refractivity contribution >= 4 is 6.09 Å². The number of nitrogens with one attached hydrogen (secondary N) is 1. The lowest BCUT2D eigenvalue weighted by Crippen LogP contribution is -2.28.